The number of hydrogen-bond acceptors (Lipinski definition) is 4. The Bertz CT molecular complexity index is 419. The molecule has 1 saturated carbocycles. The fourth-order valence-electron chi connectivity index (χ4n) is 3.69. The highest BCUT2D eigenvalue weighted by atomic mass is 32.2. The lowest BCUT2D eigenvalue weighted by Gasteiger charge is -2.38. The summed E-state index contributed by atoms with van der Waals surface area (Å²) in [5.41, 5.74) is 0.151. The van der Waals surface area contributed by atoms with Gasteiger partial charge in [0.15, 0.2) is 0 Å². The second-order valence-corrected chi connectivity index (χ2v) is 8.47. The van der Waals surface area contributed by atoms with E-state index in [-0.39, 0.29) is 5.60 Å². The van der Waals surface area contributed by atoms with Crippen LogP contribution < -0.4 is 5.32 Å². The molecule has 0 bridgehead atoms. The molecule has 124 valence electrons. The predicted octanol–water partition coefficient (Wildman–Crippen LogP) is 1.74. The van der Waals surface area contributed by atoms with Gasteiger partial charge in [0.2, 0.25) is 10.0 Å². The molecule has 21 heavy (non-hydrogen) atoms. The summed E-state index contributed by atoms with van der Waals surface area (Å²) in [6, 6.07) is 0.533. The molecule has 0 aromatic heterocycles. The number of hydrogen-bond donors (Lipinski definition) is 1. The molecule has 0 aromatic rings. The first-order valence-electron chi connectivity index (χ1n) is 8.28. The van der Waals surface area contributed by atoms with E-state index in [0.717, 1.165) is 32.4 Å². The van der Waals surface area contributed by atoms with Crippen LogP contribution in [-0.2, 0) is 14.8 Å². The van der Waals surface area contributed by atoms with Crippen molar-refractivity contribution < 1.29 is 13.2 Å². The smallest absolute Gasteiger partial charge is 0.211 e. The van der Waals surface area contributed by atoms with Crippen molar-refractivity contribution in [2.75, 3.05) is 32.5 Å². The van der Waals surface area contributed by atoms with Crippen LogP contribution in [0.4, 0.5) is 0 Å². The maximum absolute atomic E-state index is 11.5. The van der Waals surface area contributed by atoms with E-state index >= 15 is 0 Å². The lowest BCUT2D eigenvalue weighted by molar-refractivity contribution is -0.0835. The summed E-state index contributed by atoms with van der Waals surface area (Å²) in [5.74, 6) is 0. The maximum atomic E-state index is 11.5. The van der Waals surface area contributed by atoms with Gasteiger partial charge in [-0.1, -0.05) is 19.8 Å². The number of nitrogens with one attached hydrogen (secondary N) is 1. The van der Waals surface area contributed by atoms with Crippen LogP contribution in [-0.4, -0.2) is 56.9 Å². The van der Waals surface area contributed by atoms with Gasteiger partial charge in [0.25, 0.3) is 0 Å². The molecular weight excluding hydrogens is 288 g/mol. The molecular formula is C15H30N2O3S. The summed E-state index contributed by atoms with van der Waals surface area (Å²) in [6.45, 7) is 4.79. The van der Waals surface area contributed by atoms with Crippen molar-refractivity contribution in [3.63, 3.8) is 0 Å². The molecule has 5 nitrogen and oxygen atoms in total. The summed E-state index contributed by atoms with van der Waals surface area (Å²) in [6.07, 6.45) is 9.37. The first-order valence-corrected chi connectivity index (χ1v) is 10.1. The zero-order chi connectivity index (χ0) is 15.3. The van der Waals surface area contributed by atoms with Gasteiger partial charge >= 0.3 is 0 Å². The van der Waals surface area contributed by atoms with Crippen LogP contribution in [0.5, 0.6) is 0 Å². The number of rotatable bonds is 7. The summed E-state index contributed by atoms with van der Waals surface area (Å²) < 4.78 is 30.6. The molecule has 1 unspecified atom stereocenters. The number of sulfonamides is 1. The van der Waals surface area contributed by atoms with Gasteiger partial charge in [-0.25, -0.2) is 12.7 Å². The Kier molecular flexibility index (Phi) is 6.05. The Morgan fingerprint density at radius 1 is 1.33 bits per heavy atom. The van der Waals surface area contributed by atoms with Gasteiger partial charge in [0, 0.05) is 25.7 Å². The van der Waals surface area contributed by atoms with Crippen LogP contribution in [0, 0.1) is 0 Å². The highest BCUT2D eigenvalue weighted by Gasteiger charge is 2.39. The van der Waals surface area contributed by atoms with Crippen LogP contribution in [0.2, 0.25) is 0 Å². The van der Waals surface area contributed by atoms with Gasteiger partial charge in [-0.3, -0.25) is 0 Å². The van der Waals surface area contributed by atoms with Crippen LogP contribution in [0.3, 0.4) is 0 Å². The molecule has 0 aromatic carbocycles. The van der Waals surface area contributed by atoms with E-state index in [1.54, 1.807) is 0 Å². The van der Waals surface area contributed by atoms with E-state index in [1.807, 2.05) is 6.92 Å². The topological polar surface area (TPSA) is 58.6 Å². The molecule has 1 saturated heterocycles. The summed E-state index contributed by atoms with van der Waals surface area (Å²) in [7, 11) is -3.05. The summed E-state index contributed by atoms with van der Waals surface area (Å²) in [4.78, 5) is 0. The molecule has 1 spiro atoms. The molecule has 1 aliphatic carbocycles. The molecule has 1 N–H and O–H groups in total. The standard InChI is InChI=1S/C15H30N2O3S/c1-3-17(21(2,18)19)11-6-10-16-14-7-12-20-15(13-14)8-4-5-9-15/h14,16H,3-13H2,1-2H3. The normalized spacial score (nSPS) is 25.8. The predicted molar refractivity (Wildman–Crippen MR) is 84.9 cm³/mol. The number of nitrogens with zero attached hydrogens (tertiary/aromatic N) is 1. The molecule has 1 aliphatic heterocycles. The fourth-order valence-corrected chi connectivity index (χ4v) is 4.62. The van der Waals surface area contributed by atoms with Gasteiger partial charge in [0.05, 0.1) is 11.9 Å². The Morgan fingerprint density at radius 2 is 2.05 bits per heavy atom. The zero-order valence-electron chi connectivity index (χ0n) is 13.4. The van der Waals surface area contributed by atoms with Gasteiger partial charge in [-0.15, -0.1) is 0 Å². The third-order valence-electron chi connectivity index (χ3n) is 4.85. The molecule has 6 heteroatoms. The van der Waals surface area contributed by atoms with Crippen molar-refractivity contribution in [1.29, 1.82) is 0 Å². The molecule has 1 heterocycles. The molecule has 0 radical (unpaired) electrons. The Labute approximate surface area is 129 Å². The minimum atomic E-state index is -3.05. The largest absolute Gasteiger partial charge is 0.375 e. The monoisotopic (exact) mass is 318 g/mol. The first-order chi connectivity index (χ1) is 9.95. The van der Waals surface area contributed by atoms with Crippen LogP contribution >= 0.6 is 0 Å². The van der Waals surface area contributed by atoms with Crippen molar-refractivity contribution in [3.8, 4) is 0 Å². The second-order valence-electron chi connectivity index (χ2n) is 6.49. The minimum absolute atomic E-state index is 0.151. The molecule has 1 atom stereocenters. The van der Waals surface area contributed by atoms with Crippen LogP contribution in [0.25, 0.3) is 0 Å². The molecule has 2 aliphatic rings. The highest BCUT2D eigenvalue weighted by molar-refractivity contribution is 7.88. The molecule has 2 fully saturated rings. The SMILES string of the molecule is CCN(CCCNC1CCOC2(CCCC2)C1)S(C)(=O)=O. The minimum Gasteiger partial charge on any atom is -0.375 e. The van der Waals surface area contributed by atoms with Crippen molar-refractivity contribution in [2.45, 2.75) is 63.5 Å². The van der Waals surface area contributed by atoms with Gasteiger partial charge < -0.3 is 10.1 Å². The lowest BCUT2D eigenvalue weighted by Crippen LogP contribution is -2.46. The third kappa shape index (κ3) is 4.91. The number of ether oxygens (including phenoxy) is 1. The Morgan fingerprint density at radius 3 is 2.67 bits per heavy atom. The van der Waals surface area contributed by atoms with Gasteiger partial charge in [0.1, 0.15) is 0 Å². The maximum Gasteiger partial charge on any atom is 0.211 e. The second kappa shape index (κ2) is 7.40. The van der Waals surface area contributed by atoms with E-state index < -0.39 is 10.0 Å². The molecule has 0 amide bonds. The van der Waals surface area contributed by atoms with Gasteiger partial charge in [-0.05, 0) is 38.6 Å². The zero-order valence-corrected chi connectivity index (χ0v) is 14.3. The van der Waals surface area contributed by atoms with Crippen molar-refractivity contribution in [2.24, 2.45) is 0 Å². The third-order valence-corrected chi connectivity index (χ3v) is 6.23. The fraction of sp³-hybridized carbons (Fsp3) is 1.00. The first kappa shape index (κ1) is 17.2. The summed E-state index contributed by atoms with van der Waals surface area (Å²) >= 11 is 0. The Balaban J connectivity index is 1.69. The van der Waals surface area contributed by atoms with E-state index in [1.165, 1.54) is 36.2 Å². The van der Waals surface area contributed by atoms with Crippen molar-refractivity contribution in [3.05, 3.63) is 0 Å². The van der Waals surface area contributed by atoms with E-state index in [0.29, 0.717) is 19.1 Å². The average molecular weight is 318 g/mol. The molecule has 2 rings (SSSR count). The lowest BCUT2D eigenvalue weighted by atomic mass is 9.89. The van der Waals surface area contributed by atoms with Crippen LogP contribution in [0.1, 0.15) is 51.9 Å². The van der Waals surface area contributed by atoms with Crippen LogP contribution in [0.15, 0.2) is 0 Å². The average Bonchev–Trinajstić information content (AvgIpc) is 2.85. The van der Waals surface area contributed by atoms with Crippen molar-refractivity contribution in [1.82, 2.24) is 9.62 Å². The van der Waals surface area contributed by atoms with E-state index in [4.69, 9.17) is 4.74 Å². The van der Waals surface area contributed by atoms with E-state index in [9.17, 15) is 8.42 Å². The highest BCUT2D eigenvalue weighted by Crippen LogP contribution is 2.39. The summed E-state index contributed by atoms with van der Waals surface area (Å²) in [5, 5.41) is 3.60. The van der Waals surface area contributed by atoms with Crippen molar-refractivity contribution >= 4 is 10.0 Å². The Hall–Kier alpha value is -0.170. The van der Waals surface area contributed by atoms with Gasteiger partial charge in [-0.2, -0.15) is 0 Å². The quantitative estimate of drug-likeness (QED) is 0.727. The van der Waals surface area contributed by atoms with E-state index in [2.05, 4.69) is 5.32 Å².